The predicted molar refractivity (Wildman–Crippen MR) is 114 cm³/mol. The topological polar surface area (TPSA) is 87.8 Å². The first-order valence-electron chi connectivity index (χ1n) is 9.59. The number of hydrogen-bond donors (Lipinski definition) is 1. The third kappa shape index (κ3) is 3.56. The molecule has 0 spiro atoms. The number of hydrogen-bond acceptors (Lipinski definition) is 5. The molecule has 1 fully saturated rings. The van der Waals surface area contributed by atoms with Gasteiger partial charge in [0, 0.05) is 10.9 Å². The molecule has 1 aliphatic carbocycles. The molecule has 6 nitrogen and oxygen atoms in total. The number of nitriles is 1. The van der Waals surface area contributed by atoms with Crippen LogP contribution in [-0.2, 0) is 11.3 Å². The minimum atomic E-state index is -0.884. The van der Waals surface area contributed by atoms with Crippen molar-refractivity contribution in [1.29, 1.82) is 5.26 Å². The zero-order valence-electron chi connectivity index (χ0n) is 16.7. The zero-order valence-corrected chi connectivity index (χ0v) is 17.5. The van der Waals surface area contributed by atoms with Crippen LogP contribution in [0.5, 0.6) is 0 Å². The molecule has 148 valence electrons. The number of benzene rings is 1. The second kappa shape index (κ2) is 7.12. The number of fused-ring (bicyclic) bond motifs is 1. The van der Waals surface area contributed by atoms with Crippen LogP contribution in [0.15, 0.2) is 34.7 Å². The van der Waals surface area contributed by atoms with Gasteiger partial charge in [0.25, 0.3) is 5.56 Å². The highest BCUT2D eigenvalue weighted by molar-refractivity contribution is 7.17. The van der Waals surface area contributed by atoms with Crippen molar-refractivity contribution in [2.75, 3.05) is 0 Å². The number of carbonyl (C=O) groups is 1. The van der Waals surface area contributed by atoms with Gasteiger partial charge in [-0.15, -0.1) is 11.3 Å². The molecule has 3 aromatic rings. The van der Waals surface area contributed by atoms with Gasteiger partial charge in [0.1, 0.15) is 16.9 Å². The lowest BCUT2D eigenvalue weighted by molar-refractivity contribution is -0.123. The summed E-state index contributed by atoms with van der Waals surface area (Å²) in [6.45, 7) is 5.67. The second-order valence-corrected chi connectivity index (χ2v) is 8.80. The van der Waals surface area contributed by atoms with Crippen molar-refractivity contribution in [3.63, 3.8) is 0 Å². The van der Waals surface area contributed by atoms with Gasteiger partial charge in [-0.05, 0) is 56.2 Å². The lowest BCUT2D eigenvalue weighted by atomic mass is 9.98. The first-order valence-corrected chi connectivity index (χ1v) is 10.5. The van der Waals surface area contributed by atoms with Crippen LogP contribution in [-0.4, -0.2) is 21.0 Å². The van der Waals surface area contributed by atoms with E-state index < -0.39 is 5.54 Å². The van der Waals surface area contributed by atoms with Gasteiger partial charge in [0.2, 0.25) is 5.91 Å². The van der Waals surface area contributed by atoms with Gasteiger partial charge in [-0.25, -0.2) is 4.98 Å². The van der Waals surface area contributed by atoms with Gasteiger partial charge in [0.05, 0.1) is 17.8 Å². The fraction of sp³-hybridized carbons (Fsp3) is 0.364. The Morgan fingerprint density at radius 3 is 2.79 bits per heavy atom. The Hall–Kier alpha value is -2.98. The molecule has 2 aromatic heterocycles. The number of aryl methyl sites for hydroxylation is 2. The molecule has 1 atom stereocenters. The zero-order chi connectivity index (χ0) is 20.8. The summed E-state index contributed by atoms with van der Waals surface area (Å²) < 4.78 is 1.32. The van der Waals surface area contributed by atoms with Crippen LogP contribution >= 0.6 is 11.3 Å². The van der Waals surface area contributed by atoms with E-state index in [1.54, 1.807) is 6.92 Å². The van der Waals surface area contributed by atoms with Crippen molar-refractivity contribution < 1.29 is 4.79 Å². The average Bonchev–Trinajstić information content (AvgIpc) is 3.46. The van der Waals surface area contributed by atoms with Gasteiger partial charge in [-0.2, -0.15) is 5.26 Å². The van der Waals surface area contributed by atoms with Crippen LogP contribution < -0.4 is 10.9 Å². The fourth-order valence-corrected chi connectivity index (χ4v) is 4.47. The van der Waals surface area contributed by atoms with Crippen LogP contribution in [0.25, 0.3) is 21.3 Å². The summed E-state index contributed by atoms with van der Waals surface area (Å²) in [7, 11) is 0. The van der Waals surface area contributed by atoms with Gasteiger partial charge < -0.3 is 5.32 Å². The van der Waals surface area contributed by atoms with Crippen molar-refractivity contribution in [3.8, 4) is 17.2 Å². The molecular weight excluding hydrogens is 384 g/mol. The molecule has 0 radical (unpaired) electrons. The van der Waals surface area contributed by atoms with E-state index in [-0.39, 0.29) is 23.9 Å². The van der Waals surface area contributed by atoms with Gasteiger partial charge >= 0.3 is 0 Å². The highest BCUT2D eigenvalue weighted by Crippen LogP contribution is 2.39. The molecule has 0 aliphatic heterocycles. The Morgan fingerprint density at radius 1 is 1.38 bits per heavy atom. The molecule has 1 amide bonds. The number of nitrogens with one attached hydrogen (secondary N) is 1. The molecule has 4 rings (SSSR count). The maximum absolute atomic E-state index is 13.1. The summed E-state index contributed by atoms with van der Waals surface area (Å²) in [5.41, 5.74) is 3.01. The lowest BCUT2D eigenvalue weighted by Crippen LogP contribution is -2.48. The molecule has 1 N–H and O–H groups in total. The molecule has 7 heteroatoms. The van der Waals surface area contributed by atoms with E-state index in [0.29, 0.717) is 10.2 Å². The standard InChI is InChI=1S/C22H22N4O2S/c1-13-4-5-15(8-14(13)2)17-10-29-20-19(17)21(28)26(12-24-20)9-18(27)25-22(3,11-23)16-6-7-16/h4-5,8,10,12,16H,6-7,9H2,1-3H3,(H,25,27)/t22-/m0/s1. The number of amides is 1. The third-order valence-electron chi connectivity index (χ3n) is 5.72. The summed E-state index contributed by atoms with van der Waals surface area (Å²) in [5.74, 6) is -0.172. The Morgan fingerprint density at radius 2 is 2.14 bits per heavy atom. The van der Waals surface area contributed by atoms with Crippen LogP contribution in [0.4, 0.5) is 0 Å². The summed E-state index contributed by atoms with van der Waals surface area (Å²) in [6.07, 6.45) is 3.28. The van der Waals surface area contributed by atoms with E-state index >= 15 is 0 Å². The maximum Gasteiger partial charge on any atom is 0.263 e. The molecule has 1 aromatic carbocycles. The van der Waals surface area contributed by atoms with Crippen molar-refractivity contribution in [2.24, 2.45) is 5.92 Å². The number of carbonyl (C=O) groups excluding carboxylic acids is 1. The average molecular weight is 407 g/mol. The van der Waals surface area contributed by atoms with Gasteiger partial charge in [0.15, 0.2) is 0 Å². The summed E-state index contributed by atoms with van der Waals surface area (Å²) in [5, 5.41) is 14.7. The monoisotopic (exact) mass is 406 g/mol. The summed E-state index contributed by atoms with van der Waals surface area (Å²) in [4.78, 5) is 30.7. The van der Waals surface area contributed by atoms with E-state index in [4.69, 9.17) is 0 Å². The fourth-order valence-electron chi connectivity index (χ4n) is 3.57. The minimum absolute atomic E-state index is 0.159. The van der Waals surface area contributed by atoms with E-state index in [0.717, 1.165) is 29.5 Å². The van der Waals surface area contributed by atoms with E-state index in [1.807, 2.05) is 24.4 Å². The molecule has 1 aliphatic rings. The molecule has 1 saturated carbocycles. The smallest absolute Gasteiger partial charge is 0.263 e. The summed E-state index contributed by atoms with van der Waals surface area (Å²) in [6, 6.07) is 8.31. The number of aromatic nitrogens is 2. The van der Waals surface area contributed by atoms with E-state index in [9.17, 15) is 14.9 Å². The van der Waals surface area contributed by atoms with Crippen molar-refractivity contribution in [2.45, 2.75) is 45.7 Å². The Balaban J connectivity index is 1.67. The molecule has 0 saturated heterocycles. The Bertz CT molecular complexity index is 1220. The highest BCUT2D eigenvalue weighted by atomic mass is 32.1. The van der Waals surface area contributed by atoms with Crippen molar-refractivity contribution in [3.05, 3.63) is 51.4 Å². The normalized spacial score (nSPS) is 15.7. The van der Waals surface area contributed by atoms with Gasteiger partial charge in [-0.3, -0.25) is 14.2 Å². The number of rotatable bonds is 5. The van der Waals surface area contributed by atoms with Crippen LogP contribution in [0.1, 0.15) is 30.9 Å². The maximum atomic E-state index is 13.1. The Labute approximate surface area is 172 Å². The molecule has 2 heterocycles. The van der Waals surface area contributed by atoms with E-state index in [1.165, 1.54) is 27.8 Å². The van der Waals surface area contributed by atoms with Gasteiger partial charge in [-0.1, -0.05) is 18.2 Å². The number of thiophene rings is 1. The van der Waals surface area contributed by atoms with Crippen LogP contribution in [0.2, 0.25) is 0 Å². The van der Waals surface area contributed by atoms with Crippen LogP contribution in [0, 0.1) is 31.1 Å². The molecule has 0 bridgehead atoms. The van der Waals surface area contributed by atoms with Crippen molar-refractivity contribution in [1.82, 2.24) is 14.9 Å². The third-order valence-corrected chi connectivity index (χ3v) is 6.60. The highest BCUT2D eigenvalue weighted by Gasteiger charge is 2.43. The molecular formula is C22H22N4O2S. The second-order valence-electron chi connectivity index (χ2n) is 7.94. The summed E-state index contributed by atoms with van der Waals surface area (Å²) >= 11 is 1.42. The number of nitrogens with zero attached hydrogens (tertiary/aromatic N) is 3. The van der Waals surface area contributed by atoms with Crippen LogP contribution in [0.3, 0.4) is 0 Å². The lowest BCUT2D eigenvalue weighted by Gasteiger charge is -2.23. The first kappa shape index (κ1) is 19.3. The molecule has 29 heavy (non-hydrogen) atoms. The van der Waals surface area contributed by atoms with E-state index in [2.05, 4.69) is 29.4 Å². The predicted octanol–water partition coefficient (Wildman–Crippen LogP) is 3.55. The minimum Gasteiger partial charge on any atom is -0.336 e. The largest absolute Gasteiger partial charge is 0.336 e. The molecule has 0 unspecified atom stereocenters. The SMILES string of the molecule is Cc1ccc(-c2csc3ncn(CC(=O)N[C@@](C)(C#N)C4CC4)c(=O)c23)cc1C. The first-order chi connectivity index (χ1) is 13.8. The van der Waals surface area contributed by atoms with Crippen molar-refractivity contribution >= 4 is 27.5 Å². The Kier molecular flexibility index (Phi) is 4.75. The quantitative estimate of drug-likeness (QED) is 0.702.